The van der Waals surface area contributed by atoms with E-state index in [1.54, 1.807) is 19.2 Å². The summed E-state index contributed by atoms with van der Waals surface area (Å²) in [4.78, 5) is 26.3. The molecule has 2 aliphatic heterocycles. The molecule has 2 aliphatic rings. The van der Waals surface area contributed by atoms with Crippen LogP contribution < -0.4 is 15.4 Å². The number of anilines is 2. The molecule has 34 heavy (non-hydrogen) atoms. The molecule has 4 rings (SSSR count). The summed E-state index contributed by atoms with van der Waals surface area (Å²) in [5, 5.41) is 17.5. The standard InChI is InChI=1S/C26H34N4O4/c1-17(2)29-12-10-18(11-13-29)23-15-21(6-9-25(23)34-3)28-26(31)20-5-4-19-14-22(30(32)33)7-8-24(19)27-16-20/h6-9,14-15,17-18,20,27H,4-5,10-13,16H2,1-3H3,(H,28,31). The number of non-ortho nitro benzene ring substituents is 1. The summed E-state index contributed by atoms with van der Waals surface area (Å²) in [7, 11) is 1.69. The van der Waals surface area contributed by atoms with E-state index in [4.69, 9.17) is 4.74 Å². The number of nitrogens with zero attached hydrogens (tertiary/aromatic N) is 2. The molecule has 2 aromatic rings. The summed E-state index contributed by atoms with van der Waals surface area (Å²) in [6.07, 6.45) is 3.39. The number of nitro benzene ring substituents is 1. The highest BCUT2D eigenvalue weighted by Gasteiger charge is 2.26. The molecule has 1 unspecified atom stereocenters. The summed E-state index contributed by atoms with van der Waals surface area (Å²) in [6, 6.07) is 11.3. The molecule has 2 N–H and O–H groups in total. The molecule has 1 atom stereocenters. The number of nitrogens with one attached hydrogen (secondary N) is 2. The molecule has 1 amide bonds. The quantitative estimate of drug-likeness (QED) is 0.469. The highest BCUT2D eigenvalue weighted by molar-refractivity contribution is 5.93. The lowest BCUT2D eigenvalue weighted by molar-refractivity contribution is -0.384. The van der Waals surface area contributed by atoms with Gasteiger partial charge in [0.05, 0.1) is 18.0 Å². The van der Waals surface area contributed by atoms with Crippen molar-refractivity contribution in [1.82, 2.24) is 4.90 Å². The van der Waals surface area contributed by atoms with Crippen LogP contribution >= 0.6 is 0 Å². The largest absolute Gasteiger partial charge is 0.496 e. The summed E-state index contributed by atoms with van der Waals surface area (Å²) in [5.41, 5.74) is 3.75. The van der Waals surface area contributed by atoms with Crippen molar-refractivity contribution in [3.8, 4) is 5.75 Å². The molecule has 2 heterocycles. The number of fused-ring (bicyclic) bond motifs is 1. The van der Waals surface area contributed by atoms with Gasteiger partial charge < -0.3 is 20.3 Å². The van der Waals surface area contributed by atoms with Crippen molar-refractivity contribution in [3.05, 3.63) is 57.6 Å². The number of aryl methyl sites for hydroxylation is 1. The third-order valence-corrected chi connectivity index (χ3v) is 7.17. The number of piperidine rings is 1. The molecule has 182 valence electrons. The van der Waals surface area contributed by atoms with Gasteiger partial charge in [0.15, 0.2) is 0 Å². The van der Waals surface area contributed by atoms with Crippen LogP contribution in [-0.2, 0) is 11.2 Å². The molecule has 0 aromatic heterocycles. The van der Waals surface area contributed by atoms with E-state index in [2.05, 4.69) is 35.4 Å². The highest BCUT2D eigenvalue weighted by Crippen LogP contribution is 2.36. The Balaban J connectivity index is 1.43. The second-order valence-corrected chi connectivity index (χ2v) is 9.57. The predicted molar refractivity (Wildman–Crippen MR) is 134 cm³/mol. The van der Waals surface area contributed by atoms with E-state index in [9.17, 15) is 14.9 Å². The number of carbonyl (C=O) groups is 1. The van der Waals surface area contributed by atoms with Crippen LogP contribution in [0.4, 0.5) is 17.1 Å². The maximum atomic E-state index is 13.1. The van der Waals surface area contributed by atoms with Gasteiger partial charge in [-0.25, -0.2) is 0 Å². The predicted octanol–water partition coefficient (Wildman–Crippen LogP) is 4.80. The fourth-order valence-corrected chi connectivity index (χ4v) is 5.06. The summed E-state index contributed by atoms with van der Waals surface area (Å²) in [6.45, 7) is 7.09. The molecule has 0 saturated carbocycles. The van der Waals surface area contributed by atoms with Gasteiger partial charge in [-0.3, -0.25) is 14.9 Å². The molecule has 1 fully saturated rings. The smallest absolute Gasteiger partial charge is 0.269 e. The van der Waals surface area contributed by atoms with Crippen LogP contribution in [0.15, 0.2) is 36.4 Å². The summed E-state index contributed by atoms with van der Waals surface area (Å²) in [5.74, 6) is 1.01. The van der Waals surface area contributed by atoms with Crippen LogP contribution in [0.2, 0.25) is 0 Å². The minimum atomic E-state index is -0.386. The Morgan fingerprint density at radius 2 is 1.94 bits per heavy atom. The SMILES string of the molecule is COc1ccc(NC(=O)C2CCc3cc([N+](=O)[O-])ccc3NC2)cc1C1CCN(C(C)C)CC1. The van der Waals surface area contributed by atoms with Crippen LogP contribution in [0.5, 0.6) is 5.75 Å². The Morgan fingerprint density at radius 3 is 2.62 bits per heavy atom. The number of nitro groups is 1. The van der Waals surface area contributed by atoms with E-state index in [-0.39, 0.29) is 22.4 Å². The number of methoxy groups -OCH3 is 1. The van der Waals surface area contributed by atoms with Gasteiger partial charge in [-0.05, 0) is 93.9 Å². The number of carbonyl (C=O) groups excluding carboxylic acids is 1. The molecule has 0 radical (unpaired) electrons. The lowest BCUT2D eigenvalue weighted by Gasteiger charge is -2.35. The van der Waals surface area contributed by atoms with Crippen LogP contribution in [0, 0.1) is 16.0 Å². The van der Waals surface area contributed by atoms with E-state index < -0.39 is 0 Å². The molecule has 1 saturated heterocycles. The molecule has 0 aliphatic carbocycles. The second-order valence-electron chi connectivity index (χ2n) is 9.57. The second kappa shape index (κ2) is 10.4. The van der Waals surface area contributed by atoms with Crippen molar-refractivity contribution >= 4 is 23.0 Å². The summed E-state index contributed by atoms with van der Waals surface area (Å²) < 4.78 is 5.64. The monoisotopic (exact) mass is 466 g/mol. The number of likely N-dealkylation sites (tertiary alicyclic amines) is 1. The van der Waals surface area contributed by atoms with Crippen molar-refractivity contribution in [3.63, 3.8) is 0 Å². The zero-order valence-corrected chi connectivity index (χ0v) is 20.2. The first-order valence-electron chi connectivity index (χ1n) is 12.1. The normalized spacial score (nSPS) is 19.1. The average molecular weight is 467 g/mol. The molecule has 0 spiro atoms. The number of amides is 1. The van der Waals surface area contributed by atoms with Gasteiger partial charge >= 0.3 is 0 Å². The van der Waals surface area contributed by atoms with Crippen LogP contribution in [-0.4, -0.2) is 48.5 Å². The maximum absolute atomic E-state index is 13.1. The van der Waals surface area contributed by atoms with Gasteiger partial charge in [0.2, 0.25) is 5.91 Å². The minimum absolute atomic E-state index is 0.0412. The van der Waals surface area contributed by atoms with Gasteiger partial charge in [-0.15, -0.1) is 0 Å². The lowest BCUT2D eigenvalue weighted by Crippen LogP contribution is -2.37. The number of rotatable bonds is 6. The van der Waals surface area contributed by atoms with Crippen LogP contribution in [0.3, 0.4) is 0 Å². The fourth-order valence-electron chi connectivity index (χ4n) is 5.06. The van der Waals surface area contributed by atoms with E-state index in [0.717, 1.165) is 54.2 Å². The van der Waals surface area contributed by atoms with E-state index in [1.807, 2.05) is 12.1 Å². The van der Waals surface area contributed by atoms with Gasteiger partial charge in [-0.2, -0.15) is 0 Å². The number of hydrogen-bond donors (Lipinski definition) is 2. The van der Waals surface area contributed by atoms with Crippen LogP contribution in [0.25, 0.3) is 0 Å². The minimum Gasteiger partial charge on any atom is -0.496 e. The van der Waals surface area contributed by atoms with Crippen LogP contribution in [0.1, 0.15) is 50.2 Å². The maximum Gasteiger partial charge on any atom is 0.269 e. The van der Waals surface area contributed by atoms with Crippen molar-refractivity contribution in [2.24, 2.45) is 5.92 Å². The third kappa shape index (κ3) is 5.33. The van der Waals surface area contributed by atoms with E-state index >= 15 is 0 Å². The zero-order valence-electron chi connectivity index (χ0n) is 20.2. The fraction of sp³-hybridized carbons (Fsp3) is 0.500. The first-order valence-corrected chi connectivity index (χ1v) is 12.1. The Labute approximate surface area is 200 Å². The van der Waals surface area contributed by atoms with Gasteiger partial charge in [0.25, 0.3) is 5.69 Å². The molecule has 8 nitrogen and oxygen atoms in total. The molecular weight excluding hydrogens is 432 g/mol. The number of benzene rings is 2. The van der Waals surface area contributed by atoms with E-state index in [0.29, 0.717) is 31.3 Å². The molecule has 0 bridgehead atoms. The molecule has 2 aromatic carbocycles. The van der Waals surface area contributed by atoms with Gasteiger partial charge in [0.1, 0.15) is 5.75 Å². The topological polar surface area (TPSA) is 96.7 Å². The van der Waals surface area contributed by atoms with E-state index in [1.165, 1.54) is 6.07 Å². The zero-order chi connectivity index (χ0) is 24.2. The first-order chi connectivity index (χ1) is 16.4. The number of hydrogen-bond acceptors (Lipinski definition) is 6. The first kappa shape index (κ1) is 24.0. The third-order valence-electron chi connectivity index (χ3n) is 7.17. The Bertz CT molecular complexity index is 1050. The average Bonchev–Trinajstić information content (AvgIpc) is 3.06. The van der Waals surface area contributed by atoms with Gasteiger partial charge in [-0.1, -0.05) is 0 Å². The Morgan fingerprint density at radius 1 is 1.18 bits per heavy atom. The molecular formula is C26H34N4O4. The highest BCUT2D eigenvalue weighted by atomic mass is 16.6. The van der Waals surface area contributed by atoms with Gasteiger partial charge in [0, 0.05) is 36.1 Å². The van der Waals surface area contributed by atoms with Crippen molar-refractivity contribution in [2.45, 2.75) is 51.5 Å². The Hall–Kier alpha value is -3.13. The van der Waals surface area contributed by atoms with Crippen molar-refractivity contribution in [1.29, 1.82) is 0 Å². The number of ether oxygens (including phenoxy) is 1. The van der Waals surface area contributed by atoms with Crippen molar-refractivity contribution in [2.75, 3.05) is 37.4 Å². The summed E-state index contributed by atoms with van der Waals surface area (Å²) >= 11 is 0. The van der Waals surface area contributed by atoms with Crippen molar-refractivity contribution < 1.29 is 14.5 Å². The Kier molecular flexibility index (Phi) is 7.36. The molecule has 8 heteroatoms. The lowest BCUT2D eigenvalue weighted by atomic mass is 9.88.